The average molecular weight is 367 g/mol. The van der Waals surface area contributed by atoms with Crippen LogP contribution in [0.15, 0.2) is 18.2 Å². The summed E-state index contributed by atoms with van der Waals surface area (Å²) in [5.74, 6) is -0.159. The Morgan fingerprint density at radius 3 is 2.35 bits per heavy atom. The van der Waals surface area contributed by atoms with Crippen molar-refractivity contribution in [1.82, 2.24) is 4.90 Å². The molecule has 1 aromatic rings. The number of likely N-dealkylation sites (N-methyl/N-ethyl adjacent to an activating group) is 1. The molecule has 1 aliphatic rings. The second-order valence-corrected chi connectivity index (χ2v) is 6.95. The van der Waals surface area contributed by atoms with Crippen molar-refractivity contribution in [3.05, 3.63) is 29.3 Å². The van der Waals surface area contributed by atoms with Crippen LogP contribution in [0.25, 0.3) is 0 Å². The zero-order chi connectivity index (χ0) is 19.5. The van der Waals surface area contributed by atoms with Crippen LogP contribution in [-0.2, 0) is 11.0 Å². The number of anilines is 1. The fraction of sp³-hybridized carbons (Fsp3) is 0.579. The first kappa shape index (κ1) is 20.1. The van der Waals surface area contributed by atoms with Crippen LogP contribution in [0.3, 0.4) is 0 Å². The lowest BCUT2D eigenvalue weighted by atomic mass is 9.92. The standard InChI is InChI=1S/C19H24F3N3O/c1-13(18(26)24(2)3)25(15-7-5-4-6-8-15)16-10-9-14(12-23)17(11-16)19(20,21)22/h9-11,13,15H,4-8H2,1-3H3/t13-/m0/s1. The summed E-state index contributed by atoms with van der Waals surface area (Å²) in [5.41, 5.74) is -1.02. The third-order valence-corrected chi connectivity index (χ3v) is 4.91. The van der Waals surface area contributed by atoms with Crippen molar-refractivity contribution in [3.63, 3.8) is 0 Å². The van der Waals surface area contributed by atoms with Gasteiger partial charge in [-0.2, -0.15) is 18.4 Å². The molecule has 4 nitrogen and oxygen atoms in total. The molecule has 1 amide bonds. The van der Waals surface area contributed by atoms with E-state index in [4.69, 9.17) is 5.26 Å². The predicted molar refractivity (Wildman–Crippen MR) is 93.7 cm³/mol. The highest BCUT2D eigenvalue weighted by Crippen LogP contribution is 2.37. The number of halogens is 3. The molecular formula is C19H24F3N3O. The Bertz CT molecular complexity index is 688. The molecule has 0 saturated heterocycles. The highest BCUT2D eigenvalue weighted by Gasteiger charge is 2.36. The van der Waals surface area contributed by atoms with Crippen molar-refractivity contribution in [2.75, 3.05) is 19.0 Å². The van der Waals surface area contributed by atoms with Crippen molar-refractivity contribution in [2.24, 2.45) is 0 Å². The quantitative estimate of drug-likeness (QED) is 0.802. The molecule has 0 radical (unpaired) electrons. The molecule has 0 unspecified atom stereocenters. The van der Waals surface area contributed by atoms with Gasteiger partial charge in [0.25, 0.3) is 0 Å². The lowest BCUT2D eigenvalue weighted by molar-refractivity contribution is -0.137. The first-order valence-corrected chi connectivity index (χ1v) is 8.77. The van der Waals surface area contributed by atoms with Gasteiger partial charge < -0.3 is 9.80 Å². The number of nitrogens with zero attached hydrogens (tertiary/aromatic N) is 3. The molecule has 0 N–H and O–H groups in total. The Labute approximate surface area is 152 Å². The van der Waals surface area contributed by atoms with Gasteiger partial charge in [-0.1, -0.05) is 19.3 Å². The van der Waals surface area contributed by atoms with Crippen molar-refractivity contribution < 1.29 is 18.0 Å². The molecule has 7 heteroatoms. The summed E-state index contributed by atoms with van der Waals surface area (Å²) in [4.78, 5) is 15.8. The van der Waals surface area contributed by atoms with Gasteiger partial charge in [0, 0.05) is 25.8 Å². The first-order valence-electron chi connectivity index (χ1n) is 8.77. The Kier molecular flexibility index (Phi) is 6.17. The Morgan fingerprint density at radius 2 is 1.85 bits per heavy atom. The zero-order valence-electron chi connectivity index (χ0n) is 15.3. The van der Waals surface area contributed by atoms with Crippen LogP contribution in [0.2, 0.25) is 0 Å². The second kappa shape index (κ2) is 7.98. The summed E-state index contributed by atoms with van der Waals surface area (Å²) < 4.78 is 40.1. The minimum Gasteiger partial charge on any atom is -0.357 e. The molecule has 0 bridgehead atoms. The fourth-order valence-electron chi connectivity index (χ4n) is 3.63. The largest absolute Gasteiger partial charge is 0.417 e. The molecule has 1 aromatic carbocycles. The van der Waals surface area contributed by atoms with E-state index in [1.165, 1.54) is 17.0 Å². The molecule has 26 heavy (non-hydrogen) atoms. The third-order valence-electron chi connectivity index (χ3n) is 4.91. The Balaban J connectivity index is 2.51. The van der Waals surface area contributed by atoms with E-state index in [1.807, 2.05) is 0 Å². The highest BCUT2D eigenvalue weighted by molar-refractivity contribution is 5.84. The molecule has 1 saturated carbocycles. The van der Waals surface area contributed by atoms with Gasteiger partial charge in [0.2, 0.25) is 5.91 Å². The molecule has 0 heterocycles. The lowest BCUT2D eigenvalue weighted by Crippen LogP contribution is -2.50. The molecule has 0 spiro atoms. The van der Waals surface area contributed by atoms with Crippen molar-refractivity contribution in [1.29, 1.82) is 5.26 Å². The summed E-state index contributed by atoms with van der Waals surface area (Å²) in [7, 11) is 3.27. The Morgan fingerprint density at radius 1 is 1.23 bits per heavy atom. The monoisotopic (exact) mass is 367 g/mol. The maximum absolute atomic E-state index is 13.4. The summed E-state index contributed by atoms with van der Waals surface area (Å²) in [6.45, 7) is 1.72. The summed E-state index contributed by atoms with van der Waals surface area (Å²) in [5, 5.41) is 9.01. The van der Waals surface area contributed by atoms with E-state index in [1.54, 1.807) is 32.0 Å². The molecule has 1 atom stereocenters. The molecule has 142 valence electrons. The Hall–Kier alpha value is -2.23. The van der Waals surface area contributed by atoms with Gasteiger partial charge in [-0.05, 0) is 38.0 Å². The van der Waals surface area contributed by atoms with Crippen LogP contribution in [0.4, 0.5) is 18.9 Å². The number of alkyl halides is 3. The molecule has 1 fully saturated rings. The number of rotatable bonds is 4. The minimum atomic E-state index is -4.62. The topological polar surface area (TPSA) is 47.3 Å². The summed E-state index contributed by atoms with van der Waals surface area (Å²) in [6.07, 6.45) is 0.146. The third kappa shape index (κ3) is 4.29. The number of amides is 1. The van der Waals surface area contributed by atoms with Crippen LogP contribution in [0, 0.1) is 11.3 Å². The number of hydrogen-bond acceptors (Lipinski definition) is 3. The van der Waals surface area contributed by atoms with Gasteiger partial charge in [-0.25, -0.2) is 0 Å². The van der Waals surface area contributed by atoms with Gasteiger partial charge >= 0.3 is 6.18 Å². The van der Waals surface area contributed by atoms with E-state index in [2.05, 4.69) is 0 Å². The first-order chi connectivity index (χ1) is 12.2. The van der Waals surface area contributed by atoms with E-state index in [0.717, 1.165) is 38.2 Å². The summed E-state index contributed by atoms with van der Waals surface area (Å²) in [6, 6.07) is 4.75. The van der Waals surface area contributed by atoms with E-state index < -0.39 is 23.3 Å². The van der Waals surface area contributed by atoms with Crippen molar-refractivity contribution in [2.45, 2.75) is 57.3 Å². The second-order valence-electron chi connectivity index (χ2n) is 6.95. The predicted octanol–water partition coefficient (Wildman–Crippen LogP) is 4.19. The van der Waals surface area contributed by atoms with Gasteiger partial charge in [0.05, 0.1) is 17.2 Å². The van der Waals surface area contributed by atoms with Crippen LogP contribution in [-0.4, -0.2) is 37.0 Å². The highest BCUT2D eigenvalue weighted by atomic mass is 19.4. The number of carbonyl (C=O) groups is 1. The number of benzene rings is 1. The van der Waals surface area contributed by atoms with E-state index in [0.29, 0.717) is 5.69 Å². The zero-order valence-corrected chi connectivity index (χ0v) is 15.3. The van der Waals surface area contributed by atoms with Crippen LogP contribution < -0.4 is 4.90 Å². The summed E-state index contributed by atoms with van der Waals surface area (Å²) >= 11 is 0. The number of hydrogen-bond donors (Lipinski definition) is 0. The van der Waals surface area contributed by atoms with Crippen LogP contribution in [0.5, 0.6) is 0 Å². The van der Waals surface area contributed by atoms with Gasteiger partial charge in [-0.3, -0.25) is 4.79 Å². The molecule has 1 aliphatic carbocycles. The maximum Gasteiger partial charge on any atom is 0.417 e. The SMILES string of the molecule is C[C@@H](C(=O)N(C)C)N(c1ccc(C#N)c(C(F)(F)F)c1)C1CCCCC1. The number of nitriles is 1. The van der Waals surface area contributed by atoms with Crippen LogP contribution >= 0.6 is 0 Å². The van der Waals surface area contributed by atoms with Crippen LogP contribution in [0.1, 0.15) is 50.2 Å². The van der Waals surface area contributed by atoms with Gasteiger partial charge in [0.15, 0.2) is 0 Å². The fourth-order valence-corrected chi connectivity index (χ4v) is 3.63. The van der Waals surface area contributed by atoms with E-state index in [-0.39, 0.29) is 11.9 Å². The normalized spacial score (nSPS) is 16.7. The minimum absolute atomic E-state index is 0.0108. The molecule has 0 aliphatic heterocycles. The van der Waals surface area contributed by atoms with E-state index in [9.17, 15) is 18.0 Å². The molecular weight excluding hydrogens is 343 g/mol. The smallest absolute Gasteiger partial charge is 0.357 e. The maximum atomic E-state index is 13.4. The average Bonchev–Trinajstić information content (AvgIpc) is 2.61. The van der Waals surface area contributed by atoms with Crippen molar-refractivity contribution in [3.8, 4) is 6.07 Å². The van der Waals surface area contributed by atoms with Gasteiger partial charge in [0.1, 0.15) is 6.04 Å². The number of carbonyl (C=O) groups excluding carboxylic acids is 1. The van der Waals surface area contributed by atoms with Gasteiger partial charge in [-0.15, -0.1) is 0 Å². The lowest BCUT2D eigenvalue weighted by Gasteiger charge is -2.40. The van der Waals surface area contributed by atoms with Crippen molar-refractivity contribution >= 4 is 11.6 Å². The van der Waals surface area contributed by atoms with E-state index >= 15 is 0 Å². The molecule has 2 rings (SSSR count). The molecule has 0 aromatic heterocycles.